The fraction of sp³-hybridized carbons (Fsp3) is 0.500. The summed E-state index contributed by atoms with van der Waals surface area (Å²) in [6.07, 6.45) is 3.85. The summed E-state index contributed by atoms with van der Waals surface area (Å²) in [5.41, 5.74) is 3.91. The molecular formula is C22H31N2O4+. The number of H-pyrrole nitrogens is 1. The smallest absolute Gasteiger partial charge is 0.307 e. The van der Waals surface area contributed by atoms with E-state index in [1.165, 1.54) is 23.6 Å². The van der Waals surface area contributed by atoms with Gasteiger partial charge in [0.2, 0.25) is 0 Å². The summed E-state index contributed by atoms with van der Waals surface area (Å²) >= 11 is 0. The van der Waals surface area contributed by atoms with Crippen LogP contribution in [0.4, 0.5) is 0 Å². The Hall–Kier alpha value is -2.47. The van der Waals surface area contributed by atoms with E-state index in [1.807, 2.05) is 6.07 Å². The maximum Gasteiger partial charge on any atom is 0.307 e. The Morgan fingerprint density at radius 2 is 2.25 bits per heavy atom. The molecule has 5 rings (SSSR count). The van der Waals surface area contributed by atoms with E-state index in [-0.39, 0.29) is 20.8 Å². The van der Waals surface area contributed by atoms with E-state index in [0.717, 1.165) is 37.2 Å². The number of allylic oxidation sites excluding steroid dienone is 1. The Kier molecular flexibility index (Phi) is 4.12. The Balaban J connectivity index is 0.00000128. The zero-order chi connectivity index (χ0) is 19.4. The molecule has 0 radical (unpaired) electrons. The summed E-state index contributed by atoms with van der Waals surface area (Å²) in [5.74, 6) is 1.88. The van der Waals surface area contributed by atoms with Gasteiger partial charge in [-0.1, -0.05) is 0 Å². The number of rotatable bonds is 2. The molecule has 3 aliphatic heterocycles. The number of piperidine rings is 1. The van der Waals surface area contributed by atoms with Crippen molar-refractivity contribution in [1.29, 1.82) is 0 Å². The molecule has 2 N–H and O–H groups in total. The van der Waals surface area contributed by atoms with Gasteiger partial charge < -0.3 is 24.1 Å². The van der Waals surface area contributed by atoms with Gasteiger partial charge in [0.05, 0.1) is 31.8 Å². The van der Waals surface area contributed by atoms with Gasteiger partial charge in [-0.05, 0) is 24.6 Å². The van der Waals surface area contributed by atoms with E-state index in [2.05, 4.69) is 24.0 Å². The van der Waals surface area contributed by atoms with Crippen molar-refractivity contribution in [2.75, 3.05) is 20.2 Å². The molecule has 0 saturated carbocycles. The lowest BCUT2D eigenvalue weighted by Crippen LogP contribution is -3.15. The minimum absolute atomic E-state index is 0. The van der Waals surface area contributed by atoms with E-state index in [0.29, 0.717) is 17.7 Å². The fourth-order valence-corrected chi connectivity index (χ4v) is 5.46. The molecule has 1 saturated heterocycles. The predicted octanol–water partition coefficient (Wildman–Crippen LogP) is 2.61. The van der Waals surface area contributed by atoms with Gasteiger partial charge in [-0.25, -0.2) is 0 Å². The van der Waals surface area contributed by atoms with Gasteiger partial charge in [-0.3, -0.25) is 4.79 Å². The zero-order valence-electron chi connectivity index (χ0n) is 16.6. The number of aromatic nitrogens is 1. The molecule has 1 fully saturated rings. The first-order chi connectivity index (χ1) is 13.5. The molecule has 0 bridgehead atoms. The van der Waals surface area contributed by atoms with Crippen LogP contribution in [0.15, 0.2) is 30.2 Å². The van der Waals surface area contributed by atoms with Crippen LogP contribution in [0.3, 0.4) is 0 Å². The quantitative estimate of drug-likeness (QED) is 0.778. The van der Waals surface area contributed by atoms with E-state index in [1.54, 1.807) is 18.3 Å². The van der Waals surface area contributed by atoms with Gasteiger partial charge in [0.1, 0.15) is 29.9 Å². The number of hydrogen-bond acceptors (Lipinski definition) is 4. The molecule has 4 heterocycles. The van der Waals surface area contributed by atoms with Gasteiger partial charge in [-0.2, -0.15) is 0 Å². The summed E-state index contributed by atoms with van der Waals surface area (Å²) < 4.78 is 16.7. The molecule has 28 heavy (non-hydrogen) atoms. The summed E-state index contributed by atoms with van der Waals surface area (Å²) in [4.78, 5) is 16.9. The molecule has 3 aliphatic rings. The second-order valence-corrected chi connectivity index (χ2v) is 8.30. The maximum atomic E-state index is 11.6. The molecule has 152 valence electrons. The molecule has 6 nitrogen and oxygen atoms in total. The molecule has 6 heteroatoms. The summed E-state index contributed by atoms with van der Waals surface area (Å²) in [5, 5.41) is 1.30. The third kappa shape index (κ3) is 2.70. The highest BCUT2D eigenvalue weighted by molar-refractivity contribution is 5.86. The minimum Gasteiger partial charge on any atom is -0.497 e. The van der Waals surface area contributed by atoms with Crippen LogP contribution >= 0.6 is 0 Å². The maximum absolute atomic E-state index is 11.6. The SMILES string of the molecule is COc1ccc2c3c([nH]c2c1)C1CC2C(OC(C)=O)=CO[C@@H](C)[C@H]2C[NH+]1CC3.[HH].[HH]. The predicted molar refractivity (Wildman–Crippen MR) is 108 cm³/mol. The first kappa shape index (κ1) is 17.6. The topological polar surface area (TPSA) is 65.0 Å². The van der Waals surface area contributed by atoms with E-state index in [9.17, 15) is 4.79 Å². The van der Waals surface area contributed by atoms with Gasteiger partial charge in [0.25, 0.3) is 0 Å². The van der Waals surface area contributed by atoms with Crippen molar-refractivity contribution in [3.63, 3.8) is 0 Å². The molecule has 2 aromatic rings. The summed E-state index contributed by atoms with van der Waals surface area (Å²) in [7, 11) is 1.70. The normalized spacial score (nSPS) is 31.1. The number of nitrogens with one attached hydrogen (secondary N) is 2. The Morgan fingerprint density at radius 1 is 1.39 bits per heavy atom. The third-order valence-electron chi connectivity index (χ3n) is 6.82. The van der Waals surface area contributed by atoms with Gasteiger partial charge in [-0.15, -0.1) is 0 Å². The lowest BCUT2D eigenvalue weighted by Gasteiger charge is -2.46. The van der Waals surface area contributed by atoms with Crippen LogP contribution in [-0.2, 0) is 20.7 Å². The van der Waals surface area contributed by atoms with Gasteiger partial charge >= 0.3 is 5.97 Å². The van der Waals surface area contributed by atoms with Crippen LogP contribution in [0.25, 0.3) is 10.9 Å². The second kappa shape index (κ2) is 6.55. The Labute approximate surface area is 167 Å². The van der Waals surface area contributed by atoms with Crippen molar-refractivity contribution in [1.82, 2.24) is 4.98 Å². The number of benzene rings is 1. The largest absolute Gasteiger partial charge is 0.497 e. The van der Waals surface area contributed by atoms with Crippen LogP contribution < -0.4 is 9.64 Å². The van der Waals surface area contributed by atoms with Crippen LogP contribution in [-0.4, -0.2) is 37.3 Å². The second-order valence-electron chi connectivity index (χ2n) is 8.30. The number of carbonyl (C=O) groups excluding carboxylic acids is 1. The number of aromatic amines is 1. The van der Waals surface area contributed by atoms with Crippen LogP contribution in [0, 0.1) is 11.8 Å². The van der Waals surface area contributed by atoms with Crippen molar-refractivity contribution in [2.24, 2.45) is 11.8 Å². The van der Waals surface area contributed by atoms with E-state index >= 15 is 0 Å². The highest BCUT2D eigenvalue weighted by Gasteiger charge is 2.49. The van der Waals surface area contributed by atoms with Gasteiger partial charge in [0.15, 0.2) is 0 Å². The van der Waals surface area contributed by atoms with Crippen LogP contribution in [0.5, 0.6) is 5.75 Å². The minimum atomic E-state index is -0.278. The van der Waals surface area contributed by atoms with Crippen LogP contribution in [0.2, 0.25) is 0 Å². The number of fused-ring (bicyclic) bond motifs is 6. The van der Waals surface area contributed by atoms with Crippen molar-refractivity contribution in [2.45, 2.75) is 38.8 Å². The standard InChI is InChI=1S/C22H26N2O4.2H2/c1-12-18-10-24-7-6-16-15-5-4-14(26-3)8-19(15)23-22(16)20(24)9-17(18)21(11-27-12)28-13(2)25;;/h4-5,8,11-12,17-18,20,23H,6-7,9-10H2,1-3H3;2*1H/p+1/t12-,17?,18+,20?;;/m0../s1. The highest BCUT2D eigenvalue weighted by Crippen LogP contribution is 2.41. The van der Waals surface area contributed by atoms with Crippen molar-refractivity contribution in [3.8, 4) is 5.75 Å². The average molecular weight is 388 g/mol. The lowest BCUT2D eigenvalue weighted by atomic mass is 9.74. The highest BCUT2D eigenvalue weighted by atomic mass is 16.6. The molecule has 1 aromatic carbocycles. The number of methoxy groups -OCH3 is 1. The number of esters is 1. The molecule has 0 aliphatic carbocycles. The molecular weight excluding hydrogens is 356 g/mol. The molecule has 3 unspecified atom stereocenters. The molecule has 0 spiro atoms. The first-order valence-electron chi connectivity index (χ1n) is 10.1. The Bertz CT molecular complexity index is 973. The lowest BCUT2D eigenvalue weighted by molar-refractivity contribution is -0.945. The van der Waals surface area contributed by atoms with Gasteiger partial charge in [0, 0.05) is 45.5 Å². The zero-order valence-corrected chi connectivity index (χ0v) is 16.6. The van der Waals surface area contributed by atoms with Crippen molar-refractivity contribution in [3.05, 3.63) is 41.5 Å². The van der Waals surface area contributed by atoms with Crippen molar-refractivity contribution >= 4 is 16.9 Å². The van der Waals surface area contributed by atoms with Crippen molar-refractivity contribution < 1.29 is 26.8 Å². The van der Waals surface area contributed by atoms with E-state index < -0.39 is 0 Å². The molecule has 5 atom stereocenters. The summed E-state index contributed by atoms with van der Waals surface area (Å²) in [6.45, 7) is 5.74. The number of carbonyl (C=O) groups is 1. The molecule has 1 aromatic heterocycles. The summed E-state index contributed by atoms with van der Waals surface area (Å²) in [6, 6.07) is 6.67. The van der Waals surface area contributed by atoms with Crippen LogP contribution in [0.1, 0.15) is 40.4 Å². The van der Waals surface area contributed by atoms with E-state index in [4.69, 9.17) is 14.2 Å². The number of quaternary nitrogens is 1. The third-order valence-corrected chi connectivity index (χ3v) is 6.82. The number of ether oxygens (including phenoxy) is 3. The fourth-order valence-electron chi connectivity index (χ4n) is 5.46. The average Bonchev–Trinajstić information content (AvgIpc) is 3.07. The first-order valence-corrected chi connectivity index (χ1v) is 10.1. The number of hydrogen-bond donors (Lipinski definition) is 2. The monoisotopic (exact) mass is 387 g/mol. The Morgan fingerprint density at radius 3 is 3.04 bits per heavy atom. The molecule has 0 amide bonds.